The predicted octanol–water partition coefficient (Wildman–Crippen LogP) is 5.93. The first kappa shape index (κ1) is 22.0. The number of hydrogen-bond acceptors (Lipinski definition) is 4. The highest BCUT2D eigenvalue weighted by atomic mass is 32.1. The van der Waals surface area contributed by atoms with E-state index in [9.17, 15) is 4.79 Å². The van der Waals surface area contributed by atoms with Crippen molar-refractivity contribution in [3.05, 3.63) is 63.7 Å². The Labute approximate surface area is 191 Å². The molecule has 0 radical (unpaired) electrons. The minimum absolute atomic E-state index is 0. The maximum absolute atomic E-state index is 13.0. The van der Waals surface area contributed by atoms with Gasteiger partial charge in [0, 0.05) is 13.4 Å². The Kier molecular flexibility index (Phi) is 7.03. The lowest BCUT2D eigenvalue weighted by Crippen LogP contribution is -2.27. The number of carbonyl (C=O) groups is 1. The number of nitrogens with one attached hydrogen (secondary N) is 1. The van der Waals surface area contributed by atoms with Gasteiger partial charge in [0.25, 0.3) is 5.91 Å². The third-order valence-electron chi connectivity index (χ3n) is 6.28. The molecule has 1 heterocycles. The molecule has 31 heavy (non-hydrogen) atoms. The average molecular weight is 438 g/mol. The van der Waals surface area contributed by atoms with Crippen LogP contribution in [0.5, 0.6) is 0 Å². The van der Waals surface area contributed by atoms with Crippen molar-refractivity contribution in [2.45, 2.75) is 58.9 Å². The second-order valence-electron chi connectivity index (χ2n) is 8.55. The number of hydrogen-bond donors (Lipinski definition) is 1. The molecule has 1 amide bonds. The number of amides is 1. The number of aryl methyl sites for hydroxylation is 3. The van der Waals surface area contributed by atoms with E-state index in [0.29, 0.717) is 0 Å². The van der Waals surface area contributed by atoms with Crippen molar-refractivity contribution in [3.8, 4) is 0 Å². The Hall–Kier alpha value is -2.24. The van der Waals surface area contributed by atoms with Crippen molar-refractivity contribution in [3.63, 3.8) is 0 Å². The number of fused-ring (bicyclic) bond motifs is 2. The van der Waals surface area contributed by atoms with Gasteiger partial charge in [-0.3, -0.25) is 4.79 Å². The van der Waals surface area contributed by atoms with Crippen LogP contribution in [0.1, 0.15) is 72.6 Å². The fraction of sp³-hybridized carbons (Fsp3) is 0.462. The Morgan fingerprint density at radius 3 is 2.90 bits per heavy atom. The molecule has 4 nitrogen and oxygen atoms in total. The van der Waals surface area contributed by atoms with Gasteiger partial charge in [0.05, 0.1) is 21.3 Å². The first-order valence-corrected chi connectivity index (χ1v) is 12.4. The molecule has 4 rings (SSSR count). The molecule has 0 saturated carbocycles. The van der Waals surface area contributed by atoms with Crippen LogP contribution in [-0.4, -0.2) is 35.4 Å². The molecule has 3 aromatic rings. The van der Waals surface area contributed by atoms with Crippen LogP contribution in [-0.2, 0) is 12.8 Å². The van der Waals surface area contributed by atoms with Crippen molar-refractivity contribution in [1.82, 2.24) is 15.2 Å². The third kappa shape index (κ3) is 4.99. The summed E-state index contributed by atoms with van der Waals surface area (Å²) in [6, 6.07) is 12.6. The maximum atomic E-state index is 13.0. The van der Waals surface area contributed by atoms with Gasteiger partial charge in [-0.1, -0.05) is 38.1 Å². The molecule has 5 heteroatoms. The Bertz CT molecular complexity index is 1060. The van der Waals surface area contributed by atoms with E-state index >= 15 is 0 Å². The van der Waals surface area contributed by atoms with Gasteiger partial charge in [-0.25, -0.2) is 4.98 Å². The topological polar surface area (TPSA) is 45.2 Å². The summed E-state index contributed by atoms with van der Waals surface area (Å²) in [4.78, 5) is 20.4. The van der Waals surface area contributed by atoms with Gasteiger partial charge in [0.15, 0.2) is 0 Å². The van der Waals surface area contributed by atoms with E-state index in [-0.39, 0.29) is 13.4 Å². The standard InChI is InChI=1S/C26H33N3OS.H2/c1-4-14-29(5-2)15-8-11-24-28-25-18(3)16-20(17-23(25)31-24)26(30)27-22-13-12-19-9-6-7-10-21(19)22;/h6-7,9-10,16-17,22H,4-5,8,11-15H2,1-3H3,(H,27,30);1H. The molecule has 166 valence electrons. The summed E-state index contributed by atoms with van der Waals surface area (Å²) in [7, 11) is 0. The molecule has 1 aromatic heterocycles. The van der Waals surface area contributed by atoms with E-state index in [0.717, 1.165) is 60.1 Å². The fourth-order valence-corrected chi connectivity index (χ4v) is 5.75. The summed E-state index contributed by atoms with van der Waals surface area (Å²) < 4.78 is 1.12. The van der Waals surface area contributed by atoms with Gasteiger partial charge < -0.3 is 10.2 Å². The van der Waals surface area contributed by atoms with Crippen LogP contribution in [0.4, 0.5) is 0 Å². The zero-order valence-electron chi connectivity index (χ0n) is 18.9. The van der Waals surface area contributed by atoms with Gasteiger partial charge in [0.2, 0.25) is 0 Å². The second kappa shape index (κ2) is 9.92. The summed E-state index contributed by atoms with van der Waals surface area (Å²) in [5.41, 5.74) is 5.48. The summed E-state index contributed by atoms with van der Waals surface area (Å²) in [5, 5.41) is 4.43. The second-order valence-corrected chi connectivity index (χ2v) is 9.66. The van der Waals surface area contributed by atoms with E-state index in [1.54, 1.807) is 11.3 Å². The SMILES string of the molecule is CCCN(CC)CCCc1nc2c(C)cc(C(=O)NC3CCc4ccccc43)cc2s1.[HH]. The number of aromatic nitrogens is 1. The minimum Gasteiger partial charge on any atom is -0.345 e. The van der Waals surface area contributed by atoms with E-state index < -0.39 is 0 Å². The van der Waals surface area contributed by atoms with Crippen LogP contribution >= 0.6 is 11.3 Å². The van der Waals surface area contributed by atoms with Crippen molar-refractivity contribution < 1.29 is 6.22 Å². The van der Waals surface area contributed by atoms with Crippen LogP contribution in [0.25, 0.3) is 10.2 Å². The highest BCUT2D eigenvalue weighted by Crippen LogP contribution is 2.32. The first-order valence-electron chi connectivity index (χ1n) is 11.6. The van der Waals surface area contributed by atoms with Crippen LogP contribution in [0.15, 0.2) is 36.4 Å². The quantitative estimate of drug-likeness (QED) is 0.451. The summed E-state index contributed by atoms with van der Waals surface area (Å²) in [5.74, 6) is 0.0137. The normalized spacial score (nSPS) is 15.5. The molecular weight excluding hydrogens is 402 g/mol. The zero-order chi connectivity index (χ0) is 21.8. The molecule has 1 atom stereocenters. The monoisotopic (exact) mass is 437 g/mol. The van der Waals surface area contributed by atoms with E-state index in [1.165, 1.54) is 29.1 Å². The van der Waals surface area contributed by atoms with E-state index in [4.69, 9.17) is 4.98 Å². The predicted molar refractivity (Wildman–Crippen MR) is 132 cm³/mol. The number of benzene rings is 2. The zero-order valence-corrected chi connectivity index (χ0v) is 19.7. The lowest BCUT2D eigenvalue weighted by molar-refractivity contribution is 0.0937. The van der Waals surface area contributed by atoms with Crippen LogP contribution < -0.4 is 5.32 Å². The van der Waals surface area contributed by atoms with Crippen LogP contribution in [0.3, 0.4) is 0 Å². The number of rotatable bonds is 9. The van der Waals surface area contributed by atoms with Gasteiger partial charge in [0.1, 0.15) is 0 Å². The molecule has 1 unspecified atom stereocenters. The average Bonchev–Trinajstić information content (AvgIpc) is 3.37. The van der Waals surface area contributed by atoms with E-state index in [1.807, 2.05) is 12.1 Å². The number of nitrogens with zero attached hydrogens (tertiary/aromatic N) is 2. The molecule has 0 saturated heterocycles. The fourth-order valence-electron chi connectivity index (χ4n) is 4.63. The molecule has 0 aliphatic heterocycles. The summed E-state index contributed by atoms with van der Waals surface area (Å²) in [6.07, 6.45) is 5.33. The Morgan fingerprint density at radius 2 is 2.10 bits per heavy atom. The third-order valence-corrected chi connectivity index (χ3v) is 7.34. The van der Waals surface area contributed by atoms with Crippen LogP contribution in [0, 0.1) is 6.92 Å². The molecule has 2 aromatic carbocycles. The van der Waals surface area contributed by atoms with Crippen LogP contribution in [0.2, 0.25) is 0 Å². The van der Waals surface area contributed by atoms with Gasteiger partial charge in [-0.15, -0.1) is 11.3 Å². The maximum Gasteiger partial charge on any atom is 0.251 e. The highest BCUT2D eigenvalue weighted by Gasteiger charge is 2.24. The molecular formula is C26H35N3OS. The number of thiazole rings is 1. The summed E-state index contributed by atoms with van der Waals surface area (Å²) >= 11 is 1.74. The van der Waals surface area contributed by atoms with E-state index in [2.05, 4.69) is 55.3 Å². The lowest BCUT2D eigenvalue weighted by atomic mass is 10.1. The molecule has 0 bridgehead atoms. The van der Waals surface area contributed by atoms with Gasteiger partial charge in [-0.2, -0.15) is 0 Å². The molecule has 1 N–H and O–H groups in total. The molecule has 0 fully saturated rings. The Balaban J connectivity index is 0.00000289. The van der Waals surface area contributed by atoms with Crippen molar-refractivity contribution in [1.29, 1.82) is 0 Å². The summed E-state index contributed by atoms with van der Waals surface area (Å²) in [6.45, 7) is 9.92. The largest absolute Gasteiger partial charge is 0.345 e. The van der Waals surface area contributed by atoms with Crippen molar-refractivity contribution >= 4 is 27.5 Å². The van der Waals surface area contributed by atoms with Gasteiger partial charge >= 0.3 is 0 Å². The first-order chi connectivity index (χ1) is 15.1. The minimum atomic E-state index is 0. The molecule has 1 aliphatic carbocycles. The lowest BCUT2D eigenvalue weighted by Gasteiger charge is -2.18. The molecule has 0 spiro atoms. The number of carbonyl (C=O) groups excluding carboxylic acids is 1. The van der Waals surface area contributed by atoms with Gasteiger partial charge in [-0.05, 0) is 81.1 Å². The Morgan fingerprint density at radius 1 is 1.26 bits per heavy atom. The molecule has 1 aliphatic rings. The smallest absolute Gasteiger partial charge is 0.251 e. The van der Waals surface area contributed by atoms with Crippen molar-refractivity contribution in [2.75, 3.05) is 19.6 Å². The highest BCUT2D eigenvalue weighted by molar-refractivity contribution is 7.18. The van der Waals surface area contributed by atoms with Crippen molar-refractivity contribution in [2.24, 2.45) is 0 Å².